The van der Waals surface area contributed by atoms with Crippen LogP contribution in [0.25, 0.3) is 0 Å². The third kappa shape index (κ3) is 6.26. The van der Waals surface area contributed by atoms with Crippen molar-refractivity contribution >= 4 is 23.4 Å². The summed E-state index contributed by atoms with van der Waals surface area (Å²) < 4.78 is 14.7. The summed E-state index contributed by atoms with van der Waals surface area (Å²) in [5, 5.41) is 21.3. The largest absolute Gasteiger partial charge is 0.392 e. The number of anilines is 1. The molecule has 37 heavy (non-hydrogen) atoms. The van der Waals surface area contributed by atoms with E-state index < -0.39 is 6.29 Å². The first-order chi connectivity index (χ1) is 18.1. The molecular formula is C28H28N4O4S. The van der Waals surface area contributed by atoms with Gasteiger partial charge in [-0.05, 0) is 35.4 Å². The molecule has 3 unspecified atom stereocenters. The number of hydrogen-bond acceptors (Lipinski definition) is 7. The first kappa shape index (κ1) is 25.2. The number of thioether (sulfide) groups is 1. The summed E-state index contributed by atoms with van der Waals surface area (Å²) in [6.45, 7) is 0.00165. The third-order valence-corrected chi connectivity index (χ3v) is 7.33. The van der Waals surface area contributed by atoms with Crippen LogP contribution < -0.4 is 5.32 Å². The SMILES string of the molecule is Cn1cnnc1SCC1CC(c2ccc(CO)cc2)OC(c2ccc(NC(=O)c3ccccc3)cc2)O1. The number of nitrogens with zero attached hydrogens (tertiary/aromatic N) is 3. The van der Waals surface area contributed by atoms with Gasteiger partial charge in [-0.1, -0.05) is 66.4 Å². The van der Waals surface area contributed by atoms with Crippen LogP contribution in [-0.4, -0.2) is 37.6 Å². The number of amides is 1. The lowest BCUT2D eigenvalue weighted by molar-refractivity contribution is -0.245. The molecule has 3 atom stereocenters. The van der Waals surface area contributed by atoms with Gasteiger partial charge in [0.1, 0.15) is 6.33 Å². The lowest BCUT2D eigenvalue weighted by Crippen LogP contribution is -2.31. The first-order valence-corrected chi connectivity index (χ1v) is 13.0. The van der Waals surface area contributed by atoms with Crippen molar-refractivity contribution in [2.75, 3.05) is 11.1 Å². The number of benzene rings is 3. The van der Waals surface area contributed by atoms with Crippen molar-refractivity contribution in [3.8, 4) is 0 Å². The number of rotatable bonds is 8. The Labute approximate surface area is 219 Å². The highest BCUT2D eigenvalue weighted by atomic mass is 32.2. The van der Waals surface area contributed by atoms with Gasteiger partial charge in [-0.15, -0.1) is 10.2 Å². The number of aliphatic hydroxyl groups excluding tert-OH is 1. The number of ether oxygens (including phenoxy) is 2. The second-order valence-electron chi connectivity index (χ2n) is 8.83. The van der Waals surface area contributed by atoms with Gasteiger partial charge < -0.3 is 24.5 Å². The Morgan fingerprint density at radius 3 is 2.43 bits per heavy atom. The van der Waals surface area contributed by atoms with E-state index in [0.717, 1.165) is 21.8 Å². The van der Waals surface area contributed by atoms with Crippen LogP contribution in [0.4, 0.5) is 5.69 Å². The molecule has 2 heterocycles. The molecule has 0 radical (unpaired) electrons. The Balaban J connectivity index is 1.31. The van der Waals surface area contributed by atoms with Gasteiger partial charge in [0.25, 0.3) is 5.91 Å². The number of aryl methyl sites for hydroxylation is 1. The molecule has 1 aliphatic rings. The minimum Gasteiger partial charge on any atom is -0.392 e. The van der Waals surface area contributed by atoms with E-state index in [4.69, 9.17) is 9.47 Å². The van der Waals surface area contributed by atoms with Crippen LogP contribution >= 0.6 is 11.8 Å². The van der Waals surface area contributed by atoms with E-state index in [1.807, 2.05) is 78.3 Å². The summed E-state index contributed by atoms with van der Waals surface area (Å²) >= 11 is 1.60. The third-order valence-electron chi connectivity index (χ3n) is 6.16. The van der Waals surface area contributed by atoms with Crippen molar-refractivity contribution < 1.29 is 19.4 Å². The highest BCUT2D eigenvalue weighted by Gasteiger charge is 2.32. The smallest absolute Gasteiger partial charge is 0.255 e. The van der Waals surface area contributed by atoms with Gasteiger partial charge in [-0.25, -0.2) is 0 Å². The maximum absolute atomic E-state index is 12.5. The van der Waals surface area contributed by atoms with E-state index in [-0.39, 0.29) is 24.7 Å². The van der Waals surface area contributed by atoms with Crippen LogP contribution in [0.5, 0.6) is 0 Å². The molecule has 1 aromatic heterocycles. The van der Waals surface area contributed by atoms with E-state index in [9.17, 15) is 9.90 Å². The van der Waals surface area contributed by atoms with Crippen LogP contribution in [0.3, 0.4) is 0 Å². The van der Waals surface area contributed by atoms with E-state index in [2.05, 4.69) is 15.5 Å². The summed E-state index contributed by atoms with van der Waals surface area (Å²) in [5.41, 5.74) is 4.05. The van der Waals surface area contributed by atoms with E-state index in [1.165, 1.54) is 0 Å². The Kier molecular flexibility index (Phi) is 7.96. The van der Waals surface area contributed by atoms with E-state index in [1.54, 1.807) is 30.2 Å². The van der Waals surface area contributed by atoms with Crippen molar-refractivity contribution in [3.05, 3.63) is 107 Å². The molecule has 9 heteroatoms. The molecule has 1 amide bonds. The zero-order valence-electron chi connectivity index (χ0n) is 20.4. The van der Waals surface area contributed by atoms with Crippen molar-refractivity contribution in [1.29, 1.82) is 0 Å². The number of carbonyl (C=O) groups is 1. The standard InChI is InChI=1S/C28H28N4O4S/c1-32-18-29-31-28(32)37-17-24-15-25(20-9-7-19(16-33)8-10-20)36-27(35-24)22-11-13-23(14-12-22)30-26(34)21-5-3-2-4-6-21/h2-14,18,24-25,27,33H,15-17H2,1H3,(H,30,34). The monoisotopic (exact) mass is 516 g/mol. The van der Waals surface area contributed by atoms with Gasteiger partial charge >= 0.3 is 0 Å². The Morgan fingerprint density at radius 2 is 1.76 bits per heavy atom. The normalized spacial score (nSPS) is 19.5. The molecule has 0 bridgehead atoms. The van der Waals surface area contributed by atoms with Crippen molar-refractivity contribution in [3.63, 3.8) is 0 Å². The lowest BCUT2D eigenvalue weighted by Gasteiger charge is -2.36. The zero-order valence-corrected chi connectivity index (χ0v) is 21.2. The average molecular weight is 517 g/mol. The number of hydrogen-bond donors (Lipinski definition) is 2. The van der Waals surface area contributed by atoms with Gasteiger partial charge in [0.2, 0.25) is 0 Å². The van der Waals surface area contributed by atoms with E-state index >= 15 is 0 Å². The molecule has 5 rings (SSSR count). The molecule has 8 nitrogen and oxygen atoms in total. The maximum Gasteiger partial charge on any atom is 0.255 e. The average Bonchev–Trinajstić information content (AvgIpc) is 3.37. The van der Waals surface area contributed by atoms with Crippen LogP contribution in [0.2, 0.25) is 0 Å². The summed E-state index contributed by atoms with van der Waals surface area (Å²) in [6, 6.07) is 24.4. The first-order valence-electron chi connectivity index (χ1n) is 12.0. The molecule has 0 spiro atoms. The second kappa shape index (κ2) is 11.7. The van der Waals surface area contributed by atoms with Crippen LogP contribution in [-0.2, 0) is 23.1 Å². The molecule has 1 saturated heterocycles. The predicted molar refractivity (Wildman–Crippen MR) is 141 cm³/mol. The Hall–Kier alpha value is -3.50. The molecule has 3 aromatic carbocycles. The van der Waals surface area contributed by atoms with Crippen molar-refractivity contribution in [2.24, 2.45) is 7.05 Å². The van der Waals surface area contributed by atoms with Crippen LogP contribution in [0, 0.1) is 0 Å². The lowest BCUT2D eigenvalue weighted by atomic mass is 10.0. The molecule has 0 aliphatic carbocycles. The van der Waals surface area contributed by atoms with Gasteiger partial charge in [0, 0.05) is 36.0 Å². The fourth-order valence-electron chi connectivity index (χ4n) is 4.11. The number of aliphatic hydroxyl groups is 1. The molecule has 190 valence electrons. The van der Waals surface area contributed by atoms with Crippen LogP contribution in [0.1, 0.15) is 45.9 Å². The molecule has 0 saturated carbocycles. The number of aromatic nitrogens is 3. The molecule has 1 aliphatic heterocycles. The van der Waals surface area contributed by atoms with E-state index in [0.29, 0.717) is 23.4 Å². The molecule has 2 N–H and O–H groups in total. The number of nitrogens with one attached hydrogen (secondary N) is 1. The summed E-state index contributed by atoms with van der Waals surface area (Å²) in [5.74, 6) is 0.536. The van der Waals surface area contributed by atoms with Gasteiger partial charge in [-0.3, -0.25) is 4.79 Å². The fourth-order valence-corrected chi connectivity index (χ4v) is 5.02. The zero-order chi connectivity index (χ0) is 25.6. The van der Waals surface area contributed by atoms with Gasteiger partial charge in [0.05, 0.1) is 18.8 Å². The highest BCUT2D eigenvalue weighted by molar-refractivity contribution is 7.99. The Bertz CT molecular complexity index is 1310. The predicted octanol–water partition coefficient (Wildman–Crippen LogP) is 4.90. The highest BCUT2D eigenvalue weighted by Crippen LogP contribution is 2.39. The number of carbonyl (C=O) groups excluding carboxylic acids is 1. The maximum atomic E-state index is 12.5. The minimum atomic E-state index is -0.569. The summed E-state index contributed by atoms with van der Waals surface area (Å²) in [7, 11) is 1.92. The van der Waals surface area contributed by atoms with Gasteiger partial charge in [0.15, 0.2) is 11.4 Å². The van der Waals surface area contributed by atoms with Crippen molar-refractivity contribution in [2.45, 2.75) is 36.7 Å². The summed E-state index contributed by atoms with van der Waals surface area (Å²) in [4.78, 5) is 12.5. The van der Waals surface area contributed by atoms with Crippen LogP contribution in [0.15, 0.2) is 90.3 Å². The van der Waals surface area contributed by atoms with Crippen molar-refractivity contribution in [1.82, 2.24) is 14.8 Å². The summed E-state index contributed by atoms with van der Waals surface area (Å²) in [6.07, 6.45) is 1.54. The topological polar surface area (TPSA) is 98.5 Å². The Morgan fingerprint density at radius 1 is 1.03 bits per heavy atom. The second-order valence-corrected chi connectivity index (χ2v) is 9.81. The molecule has 4 aromatic rings. The fraction of sp³-hybridized carbons (Fsp3) is 0.250. The molecule has 1 fully saturated rings. The van der Waals surface area contributed by atoms with Gasteiger partial charge in [-0.2, -0.15) is 0 Å². The molecular weight excluding hydrogens is 488 g/mol. The quantitative estimate of drug-likeness (QED) is 0.322. The minimum absolute atomic E-state index is 0.00165.